The van der Waals surface area contributed by atoms with E-state index in [1.807, 2.05) is 11.8 Å². The molecular formula is C12H17ClFNS. The zero-order valence-corrected chi connectivity index (χ0v) is 11.2. The molecule has 0 spiro atoms. The first-order valence-electron chi connectivity index (χ1n) is 5.31. The Kier molecular flexibility index (Phi) is 6.17. The highest BCUT2D eigenvalue weighted by molar-refractivity contribution is 7.99. The number of nitrogens with one attached hydrogen (secondary N) is 1. The Balaban J connectivity index is 2.34. The second-order valence-electron chi connectivity index (χ2n) is 3.75. The zero-order valence-electron chi connectivity index (χ0n) is 9.59. The Hall–Kier alpha value is -0.250. The van der Waals surface area contributed by atoms with Gasteiger partial charge in [0, 0.05) is 16.8 Å². The van der Waals surface area contributed by atoms with Gasteiger partial charge in [-0.15, -0.1) is 0 Å². The smallest absolute Gasteiger partial charge is 0.123 e. The van der Waals surface area contributed by atoms with E-state index in [0.717, 1.165) is 18.5 Å². The van der Waals surface area contributed by atoms with Crippen LogP contribution < -0.4 is 5.32 Å². The molecule has 0 saturated carbocycles. The van der Waals surface area contributed by atoms with Crippen molar-refractivity contribution in [3.05, 3.63) is 34.6 Å². The van der Waals surface area contributed by atoms with E-state index >= 15 is 0 Å². The van der Waals surface area contributed by atoms with Crippen molar-refractivity contribution in [2.24, 2.45) is 0 Å². The molecule has 0 bridgehead atoms. The molecule has 1 atom stereocenters. The monoisotopic (exact) mass is 261 g/mol. The summed E-state index contributed by atoms with van der Waals surface area (Å²) >= 11 is 7.80. The fourth-order valence-electron chi connectivity index (χ4n) is 1.33. The summed E-state index contributed by atoms with van der Waals surface area (Å²) in [6.07, 6.45) is 3.21. The first kappa shape index (κ1) is 13.8. The molecule has 1 aromatic rings. The lowest BCUT2D eigenvalue weighted by Crippen LogP contribution is -2.17. The summed E-state index contributed by atoms with van der Waals surface area (Å²) in [4.78, 5) is 0. The molecule has 0 radical (unpaired) electrons. The fraction of sp³-hybridized carbons (Fsp3) is 0.500. The first-order valence-corrected chi connectivity index (χ1v) is 6.97. The molecule has 0 aliphatic heterocycles. The molecule has 1 unspecified atom stereocenters. The largest absolute Gasteiger partial charge is 0.313 e. The quantitative estimate of drug-likeness (QED) is 0.784. The topological polar surface area (TPSA) is 12.0 Å². The fourth-order valence-corrected chi connectivity index (χ4v) is 1.86. The van der Waals surface area contributed by atoms with Crippen molar-refractivity contribution in [1.82, 2.24) is 5.32 Å². The lowest BCUT2D eigenvalue weighted by atomic mass is 10.2. The Morgan fingerprint density at radius 2 is 2.25 bits per heavy atom. The SMILES string of the molecule is CSC(C)CCNCc1cc(F)ccc1Cl. The Morgan fingerprint density at radius 3 is 2.94 bits per heavy atom. The summed E-state index contributed by atoms with van der Waals surface area (Å²) in [6, 6.07) is 4.45. The summed E-state index contributed by atoms with van der Waals surface area (Å²) in [5.41, 5.74) is 0.818. The molecule has 1 rings (SSSR count). The Labute approximate surface area is 106 Å². The van der Waals surface area contributed by atoms with Gasteiger partial charge in [0.05, 0.1) is 0 Å². The van der Waals surface area contributed by atoms with Gasteiger partial charge in [0.1, 0.15) is 5.82 Å². The molecule has 0 aliphatic rings. The third-order valence-corrected chi connectivity index (χ3v) is 3.86. The Morgan fingerprint density at radius 1 is 1.50 bits per heavy atom. The summed E-state index contributed by atoms with van der Waals surface area (Å²) in [7, 11) is 0. The zero-order chi connectivity index (χ0) is 12.0. The standard InChI is InChI=1S/C12H17ClFNS/c1-9(16-2)5-6-15-8-10-7-11(14)3-4-12(10)13/h3-4,7,9,15H,5-6,8H2,1-2H3. The van der Waals surface area contributed by atoms with Gasteiger partial charge >= 0.3 is 0 Å². The van der Waals surface area contributed by atoms with E-state index in [4.69, 9.17) is 11.6 Å². The van der Waals surface area contributed by atoms with E-state index < -0.39 is 0 Å². The molecule has 1 N–H and O–H groups in total. The molecule has 0 amide bonds. The summed E-state index contributed by atoms with van der Waals surface area (Å²) in [5.74, 6) is -0.237. The maximum Gasteiger partial charge on any atom is 0.123 e. The highest BCUT2D eigenvalue weighted by atomic mass is 35.5. The second kappa shape index (κ2) is 7.15. The highest BCUT2D eigenvalue weighted by Crippen LogP contribution is 2.16. The van der Waals surface area contributed by atoms with Gasteiger partial charge in [0.15, 0.2) is 0 Å². The average molecular weight is 262 g/mol. The molecule has 0 aromatic heterocycles. The van der Waals surface area contributed by atoms with Crippen LogP contribution in [0.2, 0.25) is 5.02 Å². The molecule has 0 fully saturated rings. The van der Waals surface area contributed by atoms with Crippen molar-refractivity contribution in [2.45, 2.75) is 25.1 Å². The molecular weight excluding hydrogens is 245 g/mol. The van der Waals surface area contributed by atoms with Crippen LogP contribution in [0.25, 0.3) is 0 Å². The van der Waals surface area contributed by atoms with Crippen molar-refractivity contribution in [2.75, 3.05) is 12.8 Å². The van der Waals surface area contributed by atoms with Crippen LogP contribution in [0.5, 0.6) is 0 Å². The van der Waals surface area contributed by atoms with Gasteiger partial charge < -0.3 is 5.32 Å². The Bertz CT molecular complexity index is 333. The van der Waals surface area contributed by atoms with Crippen LogP contribution in [0.4, 0.5) is 4.39 Å². The highest BCUT2D eigenvalue weighted by Gasteiger charge is 2.02. The first-order chi connectivity index (χ1) is 7.63. The number of rotatable bonds is 6. The number of benzene rings is 1. The van der Waals surface area contributed by atoms with Crippen LogP contribution in [-0.2, 0) is 6.54 Å². The molecule has 90 valence electrons. The lowest BCUT2D eigenvalue weighted by Gasteiger charge is -2.10. The van der Waals surface area contributed by atoms with Crippen molar-refractivity contribution in [3.8, 4) is 0 Å². The third kappa shape index (κ3) is 4.73. The summed E-state index contributed by atoms with van der Waals surface area (Å²) in [5, 5.41) is 4.54. The summed E-state index contributed by atoms with van der Waals surface area (Å²) < 4.78 is 12.9. The second-order valence-corrected chi connectivity index (χ2v) is 5.43. The normalized spacial score (nSPS) is 12.8. The number of halogens is 2. The van der Waals surface area contributed by atoms with E-state index in [0.29, 0.717) is 16.8 Å². The van der Waals surface area contributed by atoms with Gasteiger partial charge in [-0.2, -0.15) is 11.8 Å². The van der Waals surface area contributed by atoms with Crippen LogP contribution in [0, 0.1) is 5.82 Å². The molecule has 0 aliphatic carbocycles. The van der Waals surface area contributed by atoms with Gasteiger partial charge in [-0.25, -0.2) is 4.39 Å². The van der Waals surface area contributed by atoms with E-state index in [9.17, 15) is 4.39 Å². The van der Waals surface area contributed by atoms with Crippen LogP contribution in [-0.4, -0.2) is 18.1 Å². The maximum absolute atomic E-state index is 12.9. The minimum atomic E-state index is -0.237. The van der Waals surface area contributed by atoms with Crippen molar-refractivity contribution in [3.63, 3.8) is 0 Å². The van der Waals surface area contributed by atoms with Crippen molar-refractivity contribution in [1.29, 1.82) is 0 Å². The average Bonchev–Trinajstić information content (AvgIpc) is 2.28. The maximum atomic E-state index is 12.9. The van der Waals surface area contributed by atoms with Crippen LogP contribution in [0.15, 0.2) is 18.2 Å². The minimum Gasteiger partial charge on any atom is -0.313 e. The molecule has 1 aromatic carbocycles. The van der Waals surface area contributed by atoms with Gasteiger partial charge in [-0.3, -0.25) is 0 Å². The van der Waals surface area contributed by atoms with Gasteiger partial charge in [-0.05, 0) is 43.0 Å². The minimum absolute atomic E-state index is 0.237. The van der Waals surface area contributed by atoms with Gasteiger partial charge in [-0.1, -0.05) is 18.5 Å². The molecule has 16 heavy (non-hydrogen) atoms. The van der Waals surface area contributed by atoms with Gasteiger partial charge in [0.2, 0.25) is 0 Å². The van der Waals surface area contributed by atoms with Crippen molar-refractivity contribution < 1.29 is 4.39 Å². The predicted octanol–water partition coefficient (Wildman–Crippen LogP) is 3.71. The van der Waals surface area contributed by atoms with Crippen LogP contribution >= 0.6 is 23.4 Å². The van der Waals surface area contributed by atoms with E-state index in [2.05, 4.69) is 18.5 Å². The number of thioether (sulfide) groups is 1. The molecule has 0 heterocycles. The molecule has 1 nitrogen and oxygen atoms in total. The molecule has 4 heteroatoms. The van der Waals surface area contributed by atoms with Crippen LogP contribution in [0.3, 0.4) is 0 Å². The number of hydrogen-bond donors (Lipinski definition) is 1. The van der Waals surface area contributed by atoms with Crippen molar-refractivity contribution >= 4 is 23.4 Å². The molecule has 0 saturated heterocycles. The van der Waals surface area contributed by atoms with E-state index in [1.165, 1.54) is 12.1 Å². The third-order valence-electron chi connectivity index (χ3n) is 2.45. The predicted molar refractivity (Wildman–Crippen MR) is 70.7 cm³/mol. The van der Waals surface area contributed by atoms with E-state index in [-0.39, 0.29) is 5.82 Å². The van der Waals surface area contributed by atoms with Crippen LogP contribution in [0.1, 0.15) is 18.9 Å². The number of hydrogen-bond acceptors (Lipinski definition) is 2. The van der Waals surface area contributed by atoms with Gasteiger partial charge in [0.25, 0.3) is 0 Å². The van der Waals surface area contributed by atoms with E-state index in [1.54, 1.807) is 6.07 Å². The summed E-state index contributed by atoms with van der Waals surface area (Å²) in [6.45, 7) is 3.74. The lowest BCUT2D eigenvalue weighted by molar-refractivity contribution is 0.615.